The van der Waals surface area contributed by atoms with E-state index in [2.05, 4.69) is 10.3 Å². The van der Waals surface area contributed by atoms with Crippen molar-refractivity contribution in [2.75, 3.05) is 13.9 Å². The molecule has 0 saturated heterocycles. The molecule has 0 spiro atoms. The Hall–Kier alpha value is -3.65. The third-order valence-corrected chi connectivity index (χ3v) is 5.02. The fourth-order valence-corrected chi connectivity index (χ4v) is 3.57. The fraction of sp³-hybridized carbons (Fsp3) is 0.217. The number of amides is 1. The summed E-state index contributed by atoms with van der Waals surface area (Å²) in [6.07, 6.45) is 4.74. The molecule has 3 aromatic rings. The van der Waals surface area contributed by atoms with Crippen molar-refractivity contribution in [3.05, 3.63) is 71.2 Å². The van der Waals surface area contributed by atoms with Crippen LogP contribution in [0.3, 0.4) is 0 Å². The van der Waals surface area contributed by atoms with Crippen LogP contribution in [0.1, 0.15) is 16.7 Å². The molecule has 1 atom stereocenters. The summed E-state index contributed by atoms with van der Waals surface area (Å²) in [5.41, 5.74) is 2.80. The zero-order chi connectivity index (χ0) is 21.8. The second kappa shape index (κ2) is 9.01. The first kappa shape index (κ1) is 20.6. The van der Waals surface area contributed by atoms with Crippen LogP contribution in [0.25, 0.3) is 17.0 Å². The average molecular weight is 424 g/mol. The fourth-order valence-electron chi connectivity index (χ4n) is 3.57. The van der Waals surface area contributed by atoms with Crippen LogP contribution in [0.2, 0.25) is 0 Å². The van der Waals surface area contributed by atoms with E-state index in [9.17, 15) is 14.0 Å². The van der Waals surface area contributed by atoms with Gasteiger partial charge in [-0.15, -0.1) is 0 Å². The molecule has 8 heteroatoms. The van der Waals surface area contributed by atoms with Crippen LogP contribution >= 0.6 is 0 Å². The number of hydrogen-bond donors (Lipinski definition) is 2. The van der Waals surface area contributed by atoms with E-state index in [1.165, 1.54) is 31.4 Å². The molecule has 1 unspecified atom stereocenters. The van der Waals surface area contributed by atoms with Gasteiger partial charge >= 0.3 is 5.97 Å². The van der Waals surface area contributed by atoms with Gasteiger partial charge in [-0.1, -0.05) is 18.2 Å². The van der Waals surface area contributed by atoms with E-state index in [-0.39, 0.29) is 19.8 Å². The first-order valence-electron chi connectivity index (χ1n) is 9.69. The highest BCUT2D eigenvalue weighted by Gasteiger charge is 2.23. The lowest BCUT2D eigenvalue weighted by Crippen LogP contribution is -2.42. The molecule has 31 heavy (non-hydrogen) atoms. The summed E-state index contributed by atoms with van der Waals surface area (Å²) in [5, 5.41) is 3.63. The molecule has 0 radical (unpaired) electrons. The smallest absolute Gasteiger partial charge is 0.328 e. The maximum atomic E-state index is 13.9. The standard InChI is InChI=1S/C23H21FN2O5/c1-29-23(28)20(10-15-11-25-19-5-3-2-4-18(15)19)26-21(27)7-6-14-8-17(24)9-16-12-30-13-31-22(14)16/h2-9,11,20,25H,10,12-13H2,1H3,(H,26,27)/b7-6+. The van der Waals surface area contributed by atoms with Gasteiger partial charge in [-0.3, -0.25) is 4.79 Å². The van der Waals surface area contributed by atoms with E-state index in [1.54, 1.807) is 6.20 Å². The SMILES string of the molecule is COC(=O)C(Cc1c[nH]c2ccccc12)NC(=O)/C=C/c1cc(F)cc2c1OCOC2. The maximum Gasteiger partial charge on any atom is 0.328 e. The molecule has 4 rings (SSSR count). The van der Waals surface area contributed by atoms with Gasteiger partial charge in [0.1, 0.15) is 17.6 Å². The number of fused-ring (bicyclic) bond motifs is 2. The van der Waals surface area contributed by atoms with Crippen LogP contribution in [-0.2, 0) is 32.1 Å². The molecule has 0 fully saturated rings. The minimum atomic E-state index is -0.882. The summed E-state index contributed by atoms with van der Waals surface area (Å²) in [5.74, 6) is -1.06. The third kappa shape index (κ3) is 4.59. The number of methoxy groups -OCH3 is 1. The number of esters is 1. The number of para-hydroxylation sites is 1. The van der Waals surface area contributed by atoms with Crippen LogP contribution in [0.4, 0.5) is 4.39 Å². The predicted octanol–water partition coefficient (Wildman–Crippen LogP) is 3.09. The zero-order valence-electron chi connectivity index (χ0n) is 16.8. The van der Waals surface area contributed by atoms with E-state index in [0.717, 1.165) is 16.5 Å². The minimum Gasteiger partial charge on any atom is -0.467 e. The molecule has 2 aromatic carbocycles. The monoisotopic (exact) mass is 424 g/mol. The molecule has 0 bridgehead atoms. The minimum absolute atomic E-state index is 0.0563. The van der Waals surface area contributed by atoms with Crippen molar-refractivity contribution in [3.8, 4) is 5.75 Å². The Balaban J connectivity index is 1.51. The second-order valence-corrected chi connectivity index (χ2v) is 7.08. The van der Waals surface area contributed by atoms with Gasteiger partial charge in [-0.05, 0) is 29.8 Å². The number of halogens is 1. The number of H-pyrrole nitrogens is 1. The average Bonchev–Trinajstić information content (AvgIpc) is 3.19. The van der Waals surface area contributed by atoms with E-state index in [4.69, 9.17) is 14.2 Å². The summed E-state index contributed by atoms with van der Waals surface area (Å²) < 4.78 is 29.3. The molecule has 2 N–H and O–H groups in total. The van der Waals surface area contributed by atoms with Gasteiger partial charge in [0.2, 0.25) is 5.91 Å². The second-order valence-electron chi connectivity index (χ2n) is 7.08. The van der Waals surface area contributed by atoms with Crippen molar-refractivity contribution >= 4 is 28.9 Å². The van der Waals surface area contributed by atoms with Crippen molar-refractivity contribution in [3.63, 3.8) is 0 Å². The van der Waals surface area contributed by atoms with Crippen molar-refractivity contribution in [1.82, 2.24) is 10.3 Å². The molecular weight excluding hydrogens is 403 g/mol. The van der Waals surface area contributed by atoms with Gasteiger partial charge in [0.25, 0.3) is 0 Å². The number of ether oxygens (including phenoxy) is 3. The van der Waals surface area contributed by atoms with Gasteiger partial charge in [-0.2, -0.15) is 0 Å². The Morgan fingerprint density at radius 3 is 3.00 bits per heavy atom. The van der Waals surface area contributed by atoms with Gasteiger partial charge in [0.15, 0.2) is 6.79 Å². The number of rotatable bonds is 6. The molecule has 0 aliphatic carbocycles. The van der Waals surface area contributed by atoms with E-state index >= 15 is 0 Å². The zero-order valence-corrected chi connectivity index (χ0v) is 16.8. The molecule has 1 aromatic heterocycles. The summed E-state index contributed by atoms with van der Waals surface area (Å²) in [7, 11) is 1.27. The van der Waals surface area contributed by atoms with Crippen LogP contribution in [0.5, 0.6) is 5.75 Å². The molecule has 160 valence electrons. The predicted molar refractivity (Wildman–Crippen MR) is 112 cm³/mol. The summed E-state index contributed by atoms with van der Waals surface area (Å²) >= 11 is 0. The van der Waals surface area contributed by atoms with Gasteiger partial charge in [0.05, 0.1) is 13.7 Å². The van der Waals surface area contributed by atoms with Crippen molar-refractivity contribution < 1.29 is 28.2 Å². The molecule has 1 aliphatic rings. The lowest BCUT2D eigenvalue weighted by molar-refractivity contribution is -0.144. The Morgan fingerprint density at radius 2 is 2.16 bits per heavy atom. The number of carbonyl (C=O) groups is 2. The molecule has 1 aliphatic heterocycles. The Morgan fingerprint density at radius 1 is 1.32 bits per heavy atom. The van der Waals surface area contributed by atoms with Crippen LogP contribution < -0.4 is 10.1 Å². The summed E-state index contributed by atoms with van der Waals surface area (Å²) in [6.45, 7) is 0.288. The first-order valence-corrected chi connectivity index (χ1v) is 9.69. The van der Waals surface area contributed by atoms with Crippen LogP contribution in [0.15, 0.2) is 48.7 Å². The van der Waals surface area contributed by atoms with Crippen molar-refractivity contribution in [2.24, 2.45) is 0 Å². The molecular formula is C23H21FN2O5. The largest absolute Gasteiger partial charge is 0.467 e. The first-order chi connectivity index (χ1) is 15.0. The van der Waals surface area contributed by atoms with Crippen molar-refractivity contribution in [2.45, 2.75) is 19.1 Å². The quantitative estimate of drug-likeness (QED) is 0.469. The van der Waals surface area contributed by atoms with E-state index < -0.39 is 23.7 Å². The van der Waals surface area contributed by atoms with Gasteiger partial charge < -0.3 is 24.5 Å². The third-order valence-electron chi connectivity index (χ3n) is 5.02. The topological polar surface area (TPSA) is 89.7 Å². The lowest BCUT2D eigenvalue weighted by atomic mass is 10.0. The highest BCUT2D eigenvalue weighted by Crippen LogP contribution is 2.30. The number of aromatic amines is 1. The highest BCUT2D eigenvalue weighted by molar-refractivity contribution is 5.95. The summed E-state index contributed by atoms with van der Waals surface area (Å²) in [4.78, 5) is 27.9. The van der Waals surface area contributed by atoms with E-state index in [1.807, 2.05) is 24.3 Å². The molecule has 1 amide bonds. The maximum absolute atomic E-state index is 13.9. The number of benzene rings is 2. The van der Waals surface area contributed by atoms with Crippen LogP contribution in [0, 0.1) is 5.82 Å². The molecule has 2 heterocycles. The number of nitrogens with one attached hydrogen (secondary N) is 2. The highest BCUT2D eigenvalue weighted by atomic mass is 19.1. The number of aromatic nitrogens is 1. The Bertz CT molecular complexity index is 1150. The Kier molecular flexibility index (Phi) is 5.99. The van der Waals surface area contributed by atoms with Crippen molar-refractivity contribution in [1.29, 1.82) is 0 Å². The summed E-state index contributed by atoms with van der Waals surface area (Å²) in [6, 6.07) is 9.41. The number of carbonyl (C=O) groups excluding carboxylic acids is 2. The van der Waals surface area contributed by atoms with Crippen LogP contribution in [-0.4, -0.2) is 36.8 Å². The van der Waals surface area contributed by atoms with Gasteiger partial charge in [-0.25, -0.2) is 9.18 Å². The Labute approximate surface area is 177 Å². The molecule has 7 nitrogen and oxygen atoms in total. The van der Waals surface area contributed by atoms with E-state index in [0.29, 0.717) is 16.9 Å². The normalized spacial score (nSPS) is 14.1. The van der Waals surface area contributed by atoms with Gasteiger partial charge in [0, 0.05) is 40.7 Å². The lowest BCUT2D eigenvalue weighted by Gasteiger charge is -2.19. The number of hydrogen-bond acceptors (Lipinski definition) is 5. The molecule has 0 saturated carbocycles.